The minimum atomic E-state index is 0. The van der Waals surface area contributed by atoms with Crippen LogP contribution in [0.15, 0.2) is 48.5 Å². The zero-order valence-corrected chi connectivity index (χ0v) is 21.2. The van der Waals surface area contributed by atoms with Gasteiger partial charge in [0.2, 0.25) is 0 Å². The Bertz CT molecular complexity index is 786. The molecule has 0 bridgehead atoms. The van der Waals surface area contributed by atoms with Crippen molar-refractivity contribution in [3.05, 3.63) is 48.5 Å². The second-order valence-corrected chi connectivity index (χ2v) is 9.91. The molecular weight excluding hydrogens is 460 g/mol. The molecule has 2 aromatic carbocycles. The van der Waals surface area contributed by atoms with Gasteiger partial charge in [-0.3, -0.25) is 19.6 Å². The van der Waals surface area contributed by atoms with Gasteiger partial charge in [0.15, 0.2) is 0 Å². The van der Waals surface area contributed by atoms with Crippen LogP contribution in [0.3, 0.4) is 0 Å². The van der Waals surface area contributed by atoms with Crippen LogP contribution < -0.4 is 22.1 Å². The Labute approximate surface area is 226 Å². The Morgan fingerprint density at radius 3 is 1.19 bits per heavy atom. The fourth-order valence-electron chi connectivity index (χ4n) is 4.93. The number of hydrogen-bond acceptors (Lipinski definition) is 8. The third-order valence-electron chi connectivity index (χ3n) is 7.00. The molecule has 0 unspecified atom stereocenters. The molecule has 2 heterocycles. The number of benzene rings is 2. The first kappa shape index (κ1) is 30.7. The van der Waals surface area contributed by atoms with Crippen molar-refractivity contribution in [2.24, 2.45) is 0 Å². The van der Waals surface area contributed by atoms with E-state index in [-0.39, 0.29) is 14.9 Å². The number of hydrogen-bond donors (Lipinski definition) is 4. The highest BCUT2D eigenvalue weighted by molar-refractivity contribution is 5.51. The number of nitrogens with zero attached hydrogens (tertiary/aromatic N) is 4. The van der Waals surface area contributed by atoms with E-state index in [0.29, 0.717) is 0 Å². The average Bonchev–Trinajstić information content (AvgIpc) is 3.51. The molecule has 0 saturated carbocycles. The zero-order chi connectivity index (χ0) is 24.3. The summed E-state index contributed by atoms with van der Waals surface area (Å²) in [5.41, 5.74) is 15.4. The maximum atomic E-state index is 5.75. The van der Waals surface area contributed by atoms with Gasteiger partial charge in [-0.05, 0) is 67.8 Å². The summed E-state index contributed by atoms with van der Waals surface area (Å²) in [6.07, 6.45) is 3.59. The zero-order valence-electron chi connectivity index (χ0n) is 21.2. The van der Waals surface area contributed by atoms with Crippen LogP contribution in [-0.4, -0.2) is 98.4 Å². The van der Waals surface area contributed by atoms with Crippen LogP contribution in [0.2, 0.25) is 0 Å². The lowest BCUT2D eigenvalue weighted by Crippen LogP contribution is -2.31. The molecule has 0 radical (unpaired) electrons. The van der Waals surface area contributed by atoms with Crippen molar-refractivity contribution in [3.8, 4) is 0 Å². The first-order valence-electron chi connectivity index (χ1n) is 13.2. The molecule has 0 amide bonds. The van der Waals surface area contributed by atoms with Gasteiger partial charge in [0.25, 0.3) is 0 Å². The van der Waals surface area contributed by atoms with Gasteiger partial charge in [0.05, 0.1) is 13.3 Å². The SMILES string of the molecule is C.C.Nc1ccc(NCCCN2CCN(CCCN3CCN(CCCNc4ccc(N)cc4)C3)C2)cc1. The van der Waals surface area contributed by atoms with Gasteiger partial charge in [0, 0.05) is 88.2 Å². The van der Waals surface area contributed by atoms with Crippen LogP contribution in [0.4, 0.5) is 22.7 Å². The van der Waals surface area contributed by atoms with Crippen molar-refractivity contribution in [2.75, 3.05) is 101 Å². The smallest absolute Gasteiger partial charge is 0.0507 e. The second kappa shape index (κ2) is 16.3. The molecule has 0 aliphatic carbocycles. The van der Waals surface area contributed by atoms with Crippen LogP contribution in [0.25, 0.3) is 0 Å². The Morgan fingerprint density at radius 1 is 0.514 bits per heavy atom. The Hall–Kier alpha value is -2.52. The molecule has 208 valence electrons. The molecule has 2 aliphatic rings. The number of nitrogens with two attached hydrogens (primary N) is 2. The van der Waals surface area contributed by atoms with Crippen LogP contribution in [0.1, 0.15) is 34.1 Å². The van der Waals surface area contributed by atoms with E-state index in [1.165, 1.54) is 45.7 Å². The van der Waals surface area contributed by atoms with Crippen molar-refractivity contribution in [3.63, 3.8) is 0 Å². The minimum absolute atomic E-state index is 0. The predicted octanol–water partition coefficient (Wildman–Crippen LogP) is 3.97. The number of anilines is 4. The van der Waals surface area contributed by atoms with Gasteiger partial charge in [-0.2, -0.15) is 0 Å². The summed E-state index contributed by atoms with van der Waals surface area (Å²) < 4.78 is 0. The molecule has 2 aromatic rings. The summed E-state index contributed by atoms with van der Waals surface area (Å²) in [7, 11) is 0. The van der Waals surface area contributed by atoms with Gasteiger partial charge in [-0.25, -0.2) is 0 Å². The molecule has 37 heavy (non-hydrogen) atoms. The normalized spacial score (nSPS) is 16.9. The van der Waals surface area contributed by atoms with Gasteiger partial charge in [0.1, 0.15) is 0 Å². The summed E-state index contributed by atoms with van der Waals surface area (Å²) in [5.74, 6) is 0. The first-order chi connectivity index (χ1) is 17.1. The van der Waals surface area contributed by atoms with E-state index in [1.807, 2.05) is 48.5 Å². The molecule has 4 rings (SSSR count). The summed E-state index contributed by atoms with van der Waals surface area (Å²) in [6, 6.07) is 16.0. The minimum Gasteiger partial charge on any atom is -0.399 e. The van der Waals surface area contributed by atoms with Crippen LogP contribution >= 0.6 is 0 Å². The van der Waals surface area contributed by atoms with E-state index in [9.17, 15) is 0 Å². The van der Waals surface area contributed by atoms with Crippen molar-refractivity contribution >= 4 is 22.7 Å². The third kappa shape index (κ3) is 10.8. The number of rotatable bonds is 14. The highest BCUT2D eigenvalue weighted by Gasteiger charge is 2.21. The molecular formula is C29H52N8. The quantitative estimate of drug-likeness (QED) is 0.223. The fraction of sp³-hybridized carbons (Fsp3) is 0.586. The maximum Gasteiger partial charge on any atom is 0.0507 e. The topological polar surface area (TPSA) is 89.1 Å². The monoisotopic (exact) mass is 512 g/mol. The maximum absolute atomic E-state index is 5.75. The molecule has 2 saturated heterocycles. The van der Waals surface area contributed by atoms with Crippen LogP contribution in [0, 0.1) is 0 Å². The van der Waals surface area contributed by atoms with Gasteiger partial charge >= 0.3 is 0 Å². The van der Waals surface area contributed by atoms with Crippen LogP contribution in [-0.2, 0) is 0 Å². The van der Waals surface area contributed by atoms with Crippen LogP contribution in [0.5, 0.6) is 0 Å². The summed E-state index contributed by atoms with van der Waals surface area (Å²) in [4.78, 5) is 10.4. The Kier molecular flexibility index (Phi) is 13.6. The molecule has 8 heteroatoms. The van der Waals surface area contributed by atoms with E-state index >= 15 is 0 Å². The summed E-state index contributed by atoms with van der Waals surface area (Å²) >= 11 is 0. The average molecular weight is 513 g/mol. The summed E-state index contributed by atoms with van der Waals surface area (Å²) in [5, 5.41) is 6.98. The molecule has 6 N–H and O–H groups in total. The Morgan fingerprint density at radius 2 is 0.838 bits per heavy atom. The van der Waals surface area contributed by atoms with Gasteiger partial charge < -0.3 is 22.1 Å². The van der Waals surface area contributed by atoms with E-state index < -0.39 is 0 Å². The van der Waals surface area contributed by atoms with Gasteiger partial charge in [-0.1, -0.05) is 14.9 Å². The van der Waals surface area contributed by atoms with E-state index in [1.54, 1.807) is 0 Å². The predicted molar refractivity (Wildman–Crippen MR) is 162 cm³/mol. The standard InChI is InChI=1S/C27H44N8.2CH4/c28-24-4-8-26(9-5-24)30-12-1-14-32-18-20-34(22-32)16-3-17-35-21-19-33(23-35)15-2-13-31-27-10-6-25(29)7-11-27;;/h4-11,30-31H,1-3,12-23,28-29H2;2*1H4. The molecule has 0 aromatic heterocycles. The van der Waals surface area contributed by atoms with Crippen molar-refractivity contribution in [1.82, 2.24) is 19.6 Å². The van der Waals surface area contributed by atoms with Crippen molar-refractivity contribution in [2.45, 2.75) is 34.1 Å². The fourth-order valence-corrected chi connectivity index (χ4v) is 4.93. The van der Waals surface area contributed by atoms with Gasteiger partial charge in [-0.15, -0.1) is 0 Å². The lowest BCUT2D eigenvalue weighted by atomic mass is 10.3. The molecule has 0 spiro atoms. The molecule has 8 nitrogen and oxygen atoms in total. The van der Waals surface area contributed by atoms with Crippen molar-refractivity contribution in [1.29, 1.82) is 0 Å². The van der Waals surface area contributed by atoms with E-state index in [2.05, 4.69) is 30.2 Å². The molecule has 2 fully saturated rings. The Balaban J connectivity index is 0.00000241. The lowest BCUT2D eigenvalue weighted by molar-refractivity contribution is 0.214. The third-order valence-corrected chi connectivity index (χ3v) is 7.00. The summed E-state index contributed by atoms with van der Waals surface area (Å²) in [6.45, 7) is 13.8. The lowest BCUT2D eigenvalue weighted by Gasteiger charge is -2.21. The number of nitrogen functional groups attached to an aromatic ring is 2. The van der Waals surface area contributed by atoms with E-state index in [0.717, 1.165) is 75.1 Å². The molecule has 0 atom stereocenters. The highest BCUT2D eigenvalue weighted by atomic mass is 15.4. The largest absolute Gasteiger partial charge is 0.399 e. The molecule has 2 aliphatic heterocycles. The number of nitrogens with one attached hydrogen (secondary N) is 2. The van der Waals surface area contributed by atoms with E-state index in [4.69, 9.17) is 11.5 Å². The van der Waals surface area contributed by atoms with Crippen molar-refractivity contribution < 1.29 is 0 Å². The highest BCUT2D eigenvalue weighted by Crippen LogP contribution is 2.13. The second-order valence-electron chi connectivity index (χ2n) is 9.91. The first-order valence-corrected chi connectivity index (χ1v) is 13.2.